The number of rotatable bonds is 5. The van der Waals surface area contributed by atoms with E-state index in [1.807, 2.05) is 0 Å². The van der Waals surface area contributed by atoms with Crippen LogP contribution in [-0.4, -0.2) is 36.6 Å². The summed E-state index contributed by atoms with van der Waals surface area (Å²) in [6, 6.07) is 1.55. The van der Waals surface area contributed by atoms with Gasteiger partial charge in [-0.3, -0.25) is 4.90 Å². The Morgan fingerprint density at radius 3 is 2.40 bits per heavy atom. The highest BCUT2D eigenvalue weighted by molar-refractivity contribution is 4.93. The van der Waals surface area contributed by atoms with Gasteiger partial charge in [0.05, 0.1) is 0 Å². The van der Waals surface area contributed by atoms with Gasteiger partial charge in [-0.1, -0.05) is 34.1 Å². The first-order valence-electron chi connectivity index (χ1n) is 9.03. The monoisotopic (exact) mass is 280 g/mol. The molecular formula is C18H36N2. The van der Waals surface area contributed by atoms with E-state index in [0.29, 0.717) is 5.41 Å². The molecule has 0 aromatic rings. The van der Waals surface area contributed by atoms with Crippen LogP contribution in [0.3, 0.4) is 0 Å². The van der Waals surface area contributed by atoms with Crippen LogP contribution in [0.1, 0.15) is 72.6 Å². The quantitative estimate of drug-likeness (QED) is 0.817. The second-order valence-electron chi connectivity index (χ2n) is 7.92. The predicted octanol–water partition coefficient (Wildman–Crippen LogP) is 4.06. The van der Waals surface area contributed by atoms with Gasteiger partial charge in [-0.2, -0.15) is 0 Å². The van der Waals surface area contributed by atoms with Gasteiger partial charge < -0.3 is 5.32 Å². The van der Waals surface area contributed by atoms with Gasteiger partial charge in [-0.05, 0) is 69.5 Å². The summed E-state index contributed by atoms with van der Waals surface area (Å²) in [4.78, 5) is 2.82. The predicted molar refractivity (Wildman–Crippen MR) is 88.1 cm³/mol. The molecule has 0 amide bonds. The van der Waals surface area contributed by atoms with Crippen LogP contribution in [0.2, 0.25) is 0 Å². The van der Waals surface area contributed by atoms with Crippen molar-refractivity contribution in [3.05, 3.63) is 0 Å². The summed E-state index contributed by atoms with van der Waals surface area (Å²) in [5, 5.41) is 3.84. The lowest BCUT2D eigenvalue weighted by atomic mass is 9.77. The minimum absolute atomic E-state index is 0.571. The van der Waals surface area contributed by atoms with Gasteiger partial charge in [0, 0.05) is 12.1 Å². The van der Waals surface area contributed by atoms with E-state index in [-0.39, 0.29) is 0 Å². The fourth-order valence-corrected chi connectivity index (χ4v) is 4.03. The van der Waals surface area contributed by atoms with Gasteiger partial charge in [-0.25, -0.2) is 0 Å². The van der Waals surface area contributed by atoms with Crippen molar-refractivity contribution in [1.82, 2.24) is 10.2 Å². The number of nitrogens with zero attached hydrogens (tertiary/aromatic N) is 1. The third kappa shape index (κ3) is 4.21. The molecular weight excluding hydrogens is 244 g/mol. The van der Waals surface area contributed by atoms with E-state index >= 15 is 0 Å². The minimum Gasteiger partial charge on any atom is -0.312 e. The molecule has 2 rings (SSSR count). The van der Waals surface area contributed by atoms with Crippen LogP contribution in [0.15, 0.2) is 0 Å². The highest BCUT2D eigenvalue weighted by Crippen LogP contribution is 2.35. The summed E-state index contributed by atoms with van der Waals surface area (Å²) in [6.45, 7) is 13.4. The molecule has 20 heavy (non-hydrogen) atoms. The zero-order valence-corrected chi connectivity index (χ0v) is 14.3. The van der Waals surface area contributed by atoms with Crippen molar-refractivity contribution in [2.45, 2.75) is 84.7 Å². The number of hydrogen-bond donors (Lipinski definition) is 1. The third-order valence-corrected chi connectivity index (χ3v) is 5.78. The second kappa shape index (κ2) is 7.26. The van der Waals surface area contributed by atoms with Crippen molar-refractivity contribution < 1.29 is 0 Å². The first-order chi connectivity index (χ1) is 9.55. The molecule has 1 saturated carbocycles. The van der Waals surface area contributed by atoms with Crippen LogP contribution in [0, 0.1) is 11.3 Å². The zero-order chi connectivity index (χ0) is 14.6. The Kier molecular flexibility index (Phi) is 5.92. The lowest BCUT2D eigenvalue weighted by Gasteiger charge is -2.47. The molecule has 3 unspecified atom stereocenters. The summed E-state index contributed by atoms with van der Waals surface area (Å²) in [5.41, 5.74) is 0.571. The SMILES string of the molecule is CCCNC1CCC(CC)CC1N1CCC(C)(C)CC1. The zero-order valence-electron chi connectivity index (χ0n) is 14.3. The van der Waals surface area contributed by atoms with E-state index in [0.717, 1.165) is 18.0 Å². The molecule has 2 aliphatic rings. The Balaban J connectivity index is 1.95. The molecule has 118 valence electrons. The Morgan fingerprint density at radius 1 is 1.10 bits per heavy atom. The normalized spacial score (nSPS) is 35.1. The Labute approximate surface area is 126 Å². The van der Waals surface area contributed by atoms with Gasteiger partial charge in [-0.15, -0.1) is 0 Å². The molecule has 0 aromatic heterocycles. The van der Waals surface area contributed by atoms with Crippen molar-refractivity contribution in [3.63, 3.8) is 0 Å². The first kappa shape index (κ1) is 16.3. The summed E-state index contributed by atoms with van der Waals surface area (Å²) in [6.07, 6.45) is 9.64. The lowest BCUT2D eigenvalue weighted by molar-refractivity contribution is 0.0442. The topological polar surface area (TPSA) is 15.3 Å². The number of nitrogens with one attached hydrogen (secondary N) is 1. The molecule has 0 radical (unpaired) electrons. The molecule has 3 atom stereocenters. The average Bonchev–Trinajstić information content (AvgIpc) is 2.45. The van der Waals surface area contributed by atoms with E-state index in [2.05, 4.69) is 37.9 Å². The fraction of sp³-hybridized carbons (Fsp3) is 1.00. The second-order valence-corrected chi connectivity index (χ2v) is 7.92. The van der Waals surface area contributed by atoms with Gasteiger partial charge in [0.2, 0.25) is 0 Å². The molecule has 1 saturated heterocycles. The number of likely N-dealkylation sites (tertiary alicyclic amines) is 1. The summed E-state index contributed by atoms with van der Waals surface area (Å²) >= 11 is 0. The van der Waals surface area contributed by atoms with Crippen molar-refractivity contribution in [3.8, 4) is 0 Å². The molecule has 1 heterocycles. The summed E-state index contributed by atoms with van der Waals surface area (Å²) < 4.78 is 0. The Bertz CT molecular complexity index is 277. The van der Waals surface area contributed by atoms with Crippen LogP contribution < -0.4 is 5.32 Å². The van der Waals surface area contributed by atoms with E-state index in [4.69, 9.17) is 0 Å². The van der Waals surface area contributed by atoms with Gasteiger partial charge in [0.25, 0.3) is 0 Å². The van der Waals surface area contributed by atoms with Crippen molar-refractivity contribution >= 4 is 0 Å². The van der Waals surface area contributed by atoms with Crippen LogP contribution >= 0.6 is 0 Å². The van der Waals surface area contributed by atoms with E-state index in [1.54, 1.807) is 0 Å². The molecule has 2 heteroatoms. The summed E-state index contributed by atoms with van der Waals surface area (Å²) in [5.74, 6) is 0.967. The third-order valence-electron chi connectivity index (χ3n) is 5.78. The van der Waals surface area contributed by atoms with Crippen molar-refractivity contribution in [1.29, 1.82) is 0 Å². The molecule has 1 aliphatic carbocycles. The fourth-order valence-electron chi connectivity index (χ4n) is 4.03. The molecule has 0 bridgehead atoms. The van der Waals surface area contributed by atoms with Crippen LogP contribution in [0.4, 0.5) is 0 Å². The maximum Gasteiger partial charge on any atom is 0.0251 e. The average molecular weight is 280 g/mol. The molecule has 2 nitrogen and oxygen atoms in total. The molecule has 2 fully saturated rings. The van der Waals surface area contributed by atoms with E-state index in [1.165, 1.54) is 64.6 Å². The smallest absolute Gasteiger partial charge is 0.0251 e. The van der Waals surface area contributed by atoms with Crippen LogP contribution in [0.25, 0.3) is 0 Å². The Hall–Kier alpha value is -0.0800. The number of hydrogen-bond acceptors (Lipinski definition) is 2. The van der Waals surface area contributed by atoms with Gasteiger partial charge in [0.15, 0.2) is 0 Å². The van der Waals surface area contributed by atoms with E-state index < -0.39 is 0 Å². The molecule has 0 aromatic carbocycles. The standard InChI is InChI=1S/C18H36N2/c1-5-11-19-16-8-7-15(6-2)14-17(16)20-12-9-18(3,4)10-13-20/h15-17,19H,5-14H2,1-4H3. The highest BCUT2D eigenvalue weighted by Gasteiger charge is 2.36. The van der Waals surface area contributed by atoms with Gasteiger partial charge >= 0.3 is 0 Å². The largest absolute Gasteiger partial charge is 0.312 e. The van der Waals surface area contributed by atoms with Gasteiger partial charge in [0.1, 0.15) is 0 Å². The van der Waals surface area contributed by atoms with Crippen LogP contribution in [-0.2, 0) is 0 Å². The molecule has 1 aliphatic heterocycles. The maximum atomic E-state index is 3.84. The van der Waals surface area contributed by atoms with Crippen molar-refractivity contribution in [2.75, 3.05) is 19.6 Å². The van der Waals surface area contributed by atoms with E-state index in [9.17, 15) is 0 Å². The lowest BCUT2D eigenvalue weighted by Crippen LogP contribution is -2.55. The van der Waals surface area contributed by atoms with Crippen LogP contribution in [0.5, 0.6) is 0 Å². The molecule has 0 spiro atoms. The molecule has 1 N–H and O–H groups in total. The minimum atomic E-state index is 0.571. The summed E-state index contributed by atoms with van der Waals surface area (Å²) in [7, 11) is 0. The Morgan fingerprint density at radius 2 is 1.80 bits per heavy atom. The maximum absolute atomic E-state index is 3.84. The highest BCUT2D eigenvalue weighted by atomic mass is 15.2. The number of piperidine rings is 1. The first-order valence-corrected chi connectivity index (χ1v) is 9.03. The van der Waals surface area contributed by atoms with Crippen molar-refractivity contribution in [2.24, 2.45) is 11.3 Å².